The number of aryl methyl sites for hydroxylation is 1. The second-order valence-corrected chi connectivity index (χ2v) is 4.19. The van der Waals surface area contributed by atoms with Crippen molar-refractivity contribution in [3.63, 3.8) is 0 Å². The third-order valence-electron chi connectivity index (χ3n) is 3.11. The molecule has 0 aromatic carbocycles. The maximum absolute atomic E-state index is 8.98. The van der Waals surface area contributed by atoms with E-state index in [9.17, 15) is 0 Å². The van der Waals surface area contributed by atoms with E-state index in [1.54, 1.807) is 0 Å². The number of H-pyrrole nitrogens is 1. The summed E-state index contributed by atoms with van der Waals surface area (Å²) in [6, 6.07) is 0. The lowest BCUT2D eigenvalue weighted by molar-refractivity contribution is 0.272. The van der Waals surface area contributed by atoms with Crippen LogP contribution in [0.1, 0.15) is 55.2 Å². The number of nitrogens with zero attached hydrogens (tertiary/aromatic N) is 1. The highest BCUT2D eigenvalue weighted by atomic mass is 16.3. The minimum absolute atomic E-state index is 0.0214. The van der Waals surface area contributed by atoms with Crippen molar-refractivity contribution in [3.8, 4) is 0 Å². The Kier molecular flexibility index (Phi) is 2.87. The van der Waals surface area contributed by atoms with Gasteiger partial charge in [-0.2, -0.15) is 0 Å². The molecule has 1 aromatic rings. The summed E-state index contributed by atoms with van der Waals surface area (Å²) in [5.41, 5.74) is 2.33. The second kappa shape index (κ2) is 4.13. The first-order chi connectivity index (χ1) is 6.81. The van der Waals surface area contributed by atoms with Crippen LogP contribution in [0.25, 0.3) is 0 Å². The highest BCUT2D eigenvalue weighted by Crippen LogP contribution is 2.32. The third kappa shape index (κ3) is 1.82. The van der Waals surface area contributed by atoms with Crippen LogP contribution in [0.15, 0.2) is 0 Å². The molecule has 3 nitrogen and oxygen atoms in total. The van der Waals surface area contributed by atoms with E-state index < -0.39 is 0 Å². The molecule has 0 amide bonds. The molecule has 0 radical (unpaired) electrons. The number of rotatable bonds is 2. The van der Waals surface area contributed by atoms with Crippen LogP contribution in [0.4, 0.5) is 0 Å². The van der Waals surface area contributed by atoms with E-state index >= 15 is 0 Å². The van der Waals surface area contributed by atoms with Crippen LogP contribution in [0.3, 0.4) is 0 Å². The molecular weight excluding hydrogens is 176 g/mol. The molecule has 14 heavy (non-hydrogen) atoms. The number of hydrogen-bond donors (Lipinski definition) is 2. The van der Waals surface area contributed by atoms with Gasteiger partial charge in [0.2, 0.25) is 0 Å². The number of imidazole rings is 1. The summed E-state index contributed by atoms with van der Waals surface area (Å²) in [6.07, 6.45) is 6.54. The Morgan fingerprint density at radius 1 is 1.36 bits per heavy atom. The molecule has 0 saturated heterocycles. The van der Waals surface area contributed by atoms with E-state index in [0.29, 0.717) is 11.7 Å². The first kappa shape index (κ1) is 9.71. The van der Waals surface area contributed by atoms with E-state index in [4.69, 9.17) is 5.11 Å². The zero-order chi connectivity index (χ0) is 9.97. The SMILES string of the molecule is Cc1[nH]c(CO)nc1C1CCCCC1. The van der Waals surface area contributed by atoms with E-state index in [2.05, 4.69) is 16.9 Å². The topological polar surface area (TPSA) is 48.9 Å². The summed E-state index contributed by atoms with van der Waals surface area (Å²) in [5, 5.41) is 8.98. The number of aromatic nitrogens is 2. The summed E-state index contributed by atoms with van der Waals surface area (Å²) >= 11 is 0. The lowest BCUT2D eigenvalue weighted by Gasteiger charge is -2.20. The van der Waals surface area contributed by atoms with Gasteiger partial charge in [-0.15, -0.1) is 0 Å². The lowest BCUT2D eigenvalue weighted by Crippen LogP contribution is -2.06. The van der Waals surface area contributed by atoms with Gasteiger partial charge >= 0.3 is 0 Å². The van der Waals surface area contributed by atoms with Gasteiger partial charge in [0.25, 0.3) is 0 Å². The third-order valence-corrected chi connectivity index (χ3v) is 3.11. The van der Waals surface area contributed by atoms with Gasteiger partial charge in [-0.1, -0.05) is 19.3 Å². The average Bonchev–Trinajstić information content (AvgIpc) is 2.61. The molecule has 1 aliphatic rings. The lowest BCUT2D eigenvalue weighted by atomic mass is 9.86. The van der Waals surface area contributed by atoms with Gasteiger partial charge in [-0.3, -0.25) is 0 Å². The summed E-state index contributed by atoms with van der Waals surface area (Å²) in [6.45, 7) is 2.07. The molecule has 1 aromatic heterocycles. The van der Waals surface area contributed by atoms with Crippen molar-refractivity contribution in [2.75, 3.05) is 0 Å². The monoisotopic (exact) mass is 194 g/mol. The highest BCUT2D eigenvalue weighted by molar-refractivity contribution is 5.18. The number of aliphatic hydroxyl groups excluding tert-OH is 1. The van der Waals surface area contributed by atoms with Gasteiger partial charge in [-0.05, 0) is 19.8 Å². The van der Waals surface area contributed by atoms with Crippen LogP contribution >= 0.6 is 0 Å². The number of nitrogens with one attached hydrogen (secondary N) is 1. The standard InChI is InChI=1S/C11H18N2O/c1-8-11(13-10(7-14)12-8)9-5-3-2-4-6-9/h9,14H,2-7H2,1H3,(H,12,13). The molecule has 0 aliphatic heterocycles. The van der Waals surface area contributed by atoms with Crippen molar-refractivity contribution < 1.29 is 5.11 Å². The molecule has 0 spiro atoms. The maximum atomic E-state index is 8.98. The minimum Gasteiger partial charge on any atom is -0.388 e. The van der Waals surface area contributed by atoms with E-state index in [0.717, 1.165) is 5.69 Å². The van der Waals surface area contributed by atoms with Gasteiger partial charge in [0.05, 0.1) is 5.69 Å². The molecular formula is C11H18N2O. The first-order valence-electron chi connectivity index (χ1n) is 5.47. The summed E-state index contributed by atoms with van der Waals surface area (Å²) in [5.74, 6) is 1.34. The predicted molar refractivity (Wildman–Crippen MR) is 55.1 cm³/mol. The van der Waals surface area contributed by atoms with Crippen molar-refractivity contribution in [3.05, 3.63) is 17.2 Å². The normalized spacial score (nSPS) is 18.7. The maximum Gasteiger partial charge on any atom is 0.132 e. The van der Waals surface area contributed by atoms with Crippen LogP contribution in [0.2, 0.25) is 0 Å². The van der Waals surface area contributed by atoms with Crippen molar-refractivity contribution >= 4 is 0 Å². The quantitative estimate of drug-likeness (QED) is 0.758. The zero-order valence-electron chi connectivity index (χ0n) is 8.71. The van der Waals surface area contributed by atoms with E-state index in [1.165, 1.54) is 37.8 Å². The van der Waals surface area contributed by atoms with E-state index in [-0.39, 0.29) is 6.61 Å². The Morgan fingerprint density at radius 2 is 2.07 bits per heavy atom. The van der Waals surface area contributed by atoms with Gasteiger partial charge < -0.3 is 10.1 Å². The fraction of sp³-hybridized carbons (Fsp3) is 0.727. The Labute approximate surface area is 84.6 Å². The molecule has 1 fully saturated rings. The average molecular weight is 194 g/mol. The van der Waals surface area contributed by atoms with E-state index in [1.807, 2.05) is 0 Å². The van der Waals surface area contributed by atoms with Gasteiger partial charge in [0.1, 0.15) is 12.4 Å². The Morgan fingerprint density at radius 3 is 2.64 bits per heavy atom. The summed E-state index contributed by atoms with van der Waals surface area (Å²) in [4.78, 5) is 7.58. The molecule has 3 heteroatoms. The largest absolute Gasteiger partial charge is 0.388 e. The smallest absolute Gasteiger partial charge is 0.132 e. The predicted octanol–water partition coefficient (Wildman–Crippen LogP) is 2.26. The molecule has 0 unspecified atom stereocenters. The fourth-order valence-electron chi connectivity index (χ4n) is 2.39. The molecule has 0 bridgehead atoms. The summed E-state index contributed by atoms with van der Waals surface area (Å²) in [7, 11) is 0. The highest BCUT2D eigenvalue weighted by Gasteiger charge is 2.20. The van der Waals surface area contributed by atoms with Crippen molar-refractivity contribution in [2.45, 2.75) is 51.6 Å². The van der Waals surface area contributed by atoms with Crippen molar-refractivity contribution in [2.24, 2.45) is 0 Å². The molecule has 2 N–H and O–H groups in total. The number of aliphatic hydroxyl groups is 1. The van der Waals surface area contributed by atoms with Gasteiger partial charge in [0.15, 0.2) is 0 Å². The Bertz CT molecular complexity index is 300. The fourth-order valence-corrected chi connectivity index (χ4v) is 2.39. The minimum atomic E-state index is 0.0214. The molecule has 1 saturated carbocycles. The van der Waals surface area contributed by atoms with Crippen LogP contribution in [0.5, 0.6) is 0 Å². The molecule has 78 valence electrons. The number of aromatic amines is 1. The van der Waals surface area contributed by atoms with Crippen LogP contribution in [-0.4, -0.2) is 15.1 Å². The van der Waals surface area contributed by atoms with Crippen molar-refractivity contribution in [1.82, 2.24) is 9.97 Å². The Hall–Kier alpha value is -0.830. The van der Waals surface area contributed by atoms with Crippen LogP contribution in [0, 0.1) is 6.92 Å². The van der Waals surface area contributed by atoms with Gasteiger partial charge in [-0.25, -0.2) is 4.98 Å². The van der Waals surface area contributed by atoms with Crippen LogP contribution in [-0.2, 0) is 6.61 Å². The number of hydrogen-bond acceptors (Lipinski definition) is 2. The molecule has 0 atom stereocenters. The second-order valence-electron chi connectivity index (χ2n) is 4.19. The molecule has 1 heterocycles. The molecule has 2 rings (SSSR count). The van der Waals surface area contributed by atoms with Crippen molar-refractivity contribution in [1.29, 1.82) is 0 Å². The Balaban J connectivity index is 2.17. The summed E-state index contributed by atoms with van der Waals surface area (Å²) < 4.78 is 0. The van der Waals surface area contributed by atoms with Crippen LogP contribution < -0.4 is 0 Å². The van der Waals surface area contributed by atoms with Gasteiger partial charge in [0, 0.05) is 11.6 Å². The molecule has 1 aliphatic carbocycles. The first-order valence-corrected chi connectivity index (χ1v) is 5.47. The zero-order valence-corrected chi connectivity index (χ0v) is 8.71.